The predicted molar refractivity (Wildman–Crippen MR) is 113 cm³/mol. The molecule has 1 aliphatic heterocycles. The van der Waals surface area contributed by atoms with Gasteiger partial charge in [-0.05, 0) is 17.7 Å². The molecule has 1 N–H and O–H groups in total. The van der Waals surface area contributed by atoms with Crippen LogP contribution in [-0.2, 0) is 11.4 Å². The number of nitrogens with one attached hydrogen (secondary N) is 1. The number of para-hydroxylation sites is 1. The van der Waals surface area contributed by atoms with E-state index in [0.717, 1.165) is 11.1 Å². The summed E-state index contributed by atoms with van der Waals surface area (Å²) >= 11 is 0. The summed E-state index contributed by atoms with van der Waals surface area (Å²) in [6, 6.07) is 19.0. The van der Waals surface area contributed by atoms with Gasteiger partial charge in [0, 0.05) is 24.2 Å². The molecule has 1 atom stereocenters. The second-order valence-corrected chi connectivity index (χ2v) is 6.84. The quantitative estimate of drug-likeness (QED) is 0.664. The highest BCUT2D eigenvalue weighted by Gasteiger charge is 2.35. The minimum atomic E-state index is -0.561. The van der Waals surface area contributed by atoms with Crippen molar-refractivity contribution >= 4 is 5.91 Å². The minimum Gasteiger partial charge on any atom is -0.493 e. The van der Waals surface area contributed by atoms with Crippen molar-refractivity contribution in [3.8, 4) is 28.7 Å². The maximum atomic E-state index is 12.9. The molecule has 6 heteroatoms. The smallest absolute Gasteiger partial charge is 0.232 e. The van der Waals surface area contributed by atoms with Crippen molar-refractivity contribution in [1.29, 1.82) is 0 Å². The first-order valence-electron chi connectivity index (χ1n) is 9.61. The lowest BCUT2D eigenvalue weighted by Crippen LogP contribution is -2.29. The van der Waals surface area contributed by atoms with Crippen LogP contribution in [0.3, 0.4) is 0 Å². The SMILES string of the molecule is CNC(=O)C1c2cc(OC)c(OC)cc2Oc2c(OCc3ccccc3)cccc21. The molecule has 0 saturated heterocycles. The van der Waals surface area contributed by atoms with Crippen LogP contribution in [0.5, 0.6) is 28.7 Å². The summed E-state index contributed by atoms with van der Waals surface area (Å²) in [4.78, 5) is 12.9. The molecule has 6 nitrogen and oxygen atoms in total. The van der Waals surface area contributed by atoms with Crippen LogP contribution in [0, 0.1) is 0 Å². The van der Waals surface area contributed by atoms with E-state index in [1.54, 1.807) is 33.4 Å². The van der Waals surface area contributed by atoms with Gasteiger partial charge in [0.05, 0.1) is 20.1 Å². The molecule has 1 amide bonds. The zero-order valence-corrected chi connectivity index (χ0v) is 17.1. The molecule has 0 bridgehead atoms. The van der Waals surface area contributed by atoms with Gasteiger partial charge >= 0.3 is 0 Å². The average molecular weight is 405 g/mol. The molecular weight excluding hydrogens is 382 g/mol. The van der Waals surface area contributed by atoms with Gasteiger partial charge in [-0.1, -0.05) is 42.5 Å². The molecule has 30 heavy (non-hydrogen) atoms. The van der Waals surface area contributed by atoms with Crippen molar-refractivity contribution in [1.82, 2.24) is 5.32 Å². The summed E-state index contributed by atoms with van der Waals surface area (Å²) < 4.78 is 23.1. The third-order valence-corrected chi connectivity index (χ3v) is 5.11. The molecule has 154 valence electrons. The largest absolute Gasteiger partial charge is 0.493 e. The Hall–Kier alpha value is -3.67. The third kappa shape index (κ3) is 3.52. The zero-order chi connectivity index (χ0) is 21.1. The van der Waals surface area contributed by atoms with Crippen LogP contribution in [0.25, 0.3) is 0 Å². The van der Waals surface area contributed by atoms with E-state index in [0.29, 0.717) is 40.9 Å². The number of fused-ring (bicyclic) bond motifs is 2. The molecule has 3 aromatic rings. The van der Waals surface area contributed by atoms with Crippen molar-refractivity contribution < 1.29 is 23.7 Å². The molecule has 0 aromatic heterocycles. The van der Waals surface area contributed by atoms with Gasteiger partial charge in [-0.15, -0.1) is 0 Å². The summed E-state index contributed by atoms with van der Waals surface area (Å²) in [5, 5.41) is 2.75. The first kappa shape index (κ1) is 19.6. The highest BCUT2D eigenvalue weighted by atomic mass is 16.5. The van der Waals surface area contributed by atoms with E-state index in [4.69, 9.17) is 18.9 Å². The Kier molecular flexibility index (Phi) is 5.48. The van der Waals surface area contributed by atoms with Gasteiger partial charge in [0.1, 0.15) is 12.4 Å². The number of likely N-dealkylation sites (N-methyl/N-ethyl adjacent to an activating group) is 1. The second-order valence-electron chi connectivity index (χ2n) is 6.84. The fourth-order valence-corrected chi connectivity index (χ4v) is 3.61. The summed E-state index contributed by atoms with van der Waals surface area (Å²) in [5.41, 5.74) is 2.49. The van der Waals surface area contributed by atoms with Crippen LogP contribution in [0.2, 0.25) is 0 Å². The number of benzene rings is 3. The molecule has 0 aliphatic carbocycles. The number of ether oxygens (including phenoxy) is 4. The molecule has 1 unspecified atom stereocenters. The number of hydrogen-bond donors (Lipinski definition) is 1. The highest BCUT2D eigenvalue weighted by molar-refractivity contribution is 5.90. The van der Waals surface area contributed by atoms with Gasteiger partial charge in [0.2, 0.25) is 5.91 Å². The van der Waals surface area contributed by atoms with E-state index in [1.165, 1.54) is 0 Å². The average Bonchev–Trinajstić information content (AvgIpc) is 2.80. The van der Waals surface area contributed by atoms with Crippen LogP contribution in [0.1, 0.15) is 22.6 Å². The van der Waals surface area contributed by atoms with Gasteiger partial charge in [-0.2, -0.15) is 0 Å². The van der Waals surface area contributed by atoms with Gasteiger partial charge in [-0.25, -0.2) is 0 Å². The van der Waals surface area contributed by atoms with Crippen LogP contribution in [0.4, 0.5) is 0 Å². The van der Waals surface area contributed by atoms with Gasteiger partial charge in [-0.3, -0.25) is 4.79 Å². The van der Waals surface area contributed by atoms with Crippen molar-refractivity contribution in [2.24, 2.45) is 0 Å². The van der Waals surface area contributed by atoms with Crippen molar-refractivity contribution in [3.05, 3.63) is 77.4 Å². The molecule has 0 radical (unpaired) electrons. The molecule has 1 aliphatic rings. The Morgan fingerprint density at radius 2 is 1.67 bits per heavy atom. The maximum absolute atomic E-state index is 12.9. The fraction of sp³-hybridized carbons (Fsp3) is 0.208. The number of methoxy groups -OCH3 is 2. The Morgan fingerprint density at radius 1 is 0.933 bits per heavy atom. The van der Waals surface area contributed by atoms with Crippen molar-refractivity contribution in [3.63, 3.8) is 0 Å². The lowest BCUT2D eigenvalue weighted by molar-refractivity contribution is -0.121. The van der Waals surface area contributed by atoms with Crippen LogP contribution in [-0.4, -0.2) is 27.2 Å². The Morgan fingerprint density at radius 3 is 2.37 bits per heavy atom. The zero-order valence-electron chi connectivity index (χ0n) is 17.1. The van der Waals surface area contributed by atoms with Gasteiger partial charge < -0.3 is 24.3 Å². The molecule has 4 rings (SSSR count). The minimum absolute atomic E-state index is 0.145. The molecule has 0 fully saturated rings. The summed E-state index contributed by atoms with van der Waals surface area (Å²) in [6.07, 6.45) is 0. The van der Waals surface area contributed by atoms with Crippen LogP contribution in [0.15, 0.2) is 60.7 Å². The van der Waals surface area contributed by atoms with Gasteiger partial charge in [0.25, 0.3) is 0 Å². The number of carbonyl (C=O) groups excluding carboxylic acids is 1. The van der Waals surface area contributed by atoms with Crippen molar-refractivity contribution in [2.75, 3.05) is 21.3 Å². The summed E-state index contributed by atoms with van der Waals surface area (Å²) in [7, 11) is 4.74. The normalized spacial score (nSPS) is 14.0. The Balaban J connectivity index is 1.77. The molecule has 0 spiro atoms. The second kappa shape index (κ2) is 8.37. The van der Waals surface area contributed by atoms with E-state index in [1.807, 2.05) is 48.5 Å². The summed E-state index contributed by atoms with van der Waals surface area (Å²) in [5.74, 6) is 1.99. The Labute approximate surface area is 175 Å². The third-order valence-electron chi connectivity index (χ3n) is 5.11. The maximum Gasteiger partial charge on any atom is 0.232 e. The van der Waals surface area contributed by atoms with E-state index in [2.05, 4.69) is 5.32 Å². The number of amides is 1. The first-order chi connectivity index (χ1) is 14.7. The molecule has 3 aromatic carbocycles. The van der Waals surface area contributed by atoms with E-state index in [9.17, 15) is 4.79 Å². The number of hydrogen-bond acceptors (Lipinski definition) is 5. The van der Waals surface area contributed by atoms with Crippen molar-refractivity contribution in [2.45, 2.75) is 12.5 Å². The topological polar surface area (TPSA) is 66.0 Å². The van der Waals surface area contributed by atoms with Crippen LogP contribution >= 0.6 is 0 Å². The summed E-state index contributed by atoms with van der Waals surface area (Å²) in [6.45, 7) is 0.393. The van der Waals surface area contributed by atoms with Crippen LogP contribution < -0.4 is 24.3 Å². The molecule has 0 saturated carbocycles. The van der Waals surface area contributed by atoms with Gasteiger partial charge in [0.15, 0.2) is 23.0 Å². The highest BCUT2D eigenvalue weighted by Crippen LogP contribution is 2.51. The fourth-order valence-electron chi connectivity index (χ4n) is 3.61. The van der Waals surface area contributed by atoms with E-state index >= 15 is 0 Å². The van der Waals surface area contributed by atoms with E-state index < -0.39 is 5.92 Å². The monoisotopic (exact) mass is 405 g/mol. The first-order valence-corrected chi connectivity index (χ1v) is 9.61. The Bertz CT molecular complexity index is 1060. The lowest BCUT2D eigenvalue weighted by Gasteiger charge is -2.29. The molecule has 1 heterocycles. The molecular formula is C24H23NO5. The lowest BCUT2D eigenvalue weighted by atomic mass is 9.86. The number of rotatable bonds is 6. The predicted octanol–water partition coefficient (Wildman–Crippen LogP) is 4.27. The number of carbonyl (C=O) groups is 1. The van der Waals surface area contributed by atoms with E-state index in [-0.39, 0.29) is 5.91 Å². The standard InChI is InChI=1S/C24H23NO5/c1-25-24(26)22-16-10-7-11-18(29-14-15-8-5-4-6-9-15)23(16)30-19-13-21(28-3)20(27-2)12-17(19)22/h4-13,22H,14H2,1-3H3,(H,25,26).